The topological polar surface area (TPSA) is 35.5 Å². The third-order valence-electron chi connectivity index (χ3n) is 3.49. The van der Waals surface area contributed by atoms with E-state index in [-0.39, 0.29) is 12.6 Å². The van der Waals surface area contributed by atoms with E-state index in [1.807, 2.05) is 24.3 Å². The Morgan fingerprint density at radius 3 is 2.38 bits per heavy atom. The minimum absolute atomic E-state index is 0.00407. The fourth-order valence-electron chi connectivity index (χ4n) is 2.47. The Hall–Kier alpha value is -2.29. The first-order valence-electron chi connectivity index (χ1n) is 7.17. The van der Waals surface area contributed by atoms with Gasteiger partial charge < -0.3 is 9.47 Å². The van der Waals surface area contributed by atoms with E-state index in [1.165, 1.54) is 5.56 Å². The maximum absolute atomic E-state index is 12.5. The van der Waals surface area contributed by atoms with Crippen molar-refractivity contribution in [2.45, 2.75) is 20.3 Å². The van der Waals surface area contributed by atoms with Crippen LogP contribution in [0.1, 0.15) is 35.3 Å². The fraction of sp³-hybridized carbons (Fsp3) is 0.278. The van der Waals surface area contributed by atoms with Gasteiger partial charge in [0.15, 0.2) is 17.3 Å². The van der Waals surface area contributed by atoms with Crippen molar-refractivity contribution in [2.75, 3.05) is 6.79 Å². The first-order chi connectivity index (χ1) is 10.1. The second-order valence-corrected chi connectivity index (χ2v) is 5.69. The van der Waals surface area contributed by atoms with E-state index >= 15 is 0 Å². The highest BCUT2D eigenvalue weighted by atomic mass is 16.7. The van der Waals surface area contributed by atoms with Gasteiger partial charge in [-0.3, -0.25) is 4.79 Å². The van der Waals surface area contributed by atoms with Crippen LogP contribution in [0.15, 0.2) is 42.5 Å². The van der Waals surface area contributed by atoms with E-state index in [0.717, 1.165) is 6.42 Å². The molecule has 0 radical (unpaired) electrons. The van der Waals surface area contributed by atoms with Gasteiger partial charge >= 0.3 is 0 Å². The van der Waals surface area contributed by atoms with Gasteiger partial charge in [-0.05, 0) is 36.1 Å². The molecule has 0 aromatic heterocycles. The molecule has 3 heteroatoms. The summed E-state index contributed by atoms with van der Waals surface area (Å²) >= 11 is 0. The monoisotopic (exact) mass is 282 g/mol. The van der Waals surface area contributed by atoms with Crippen LogP contribution >= 0.6 is 0 Å². The Morgan fingerprint density at radius 2 is 1.67 bits per heavy atom. The summed E-state index contributed by atoms with van der Waals surface area (Å²) in [6.07, 6.45) is 1.03. The molecule has 0 saturated heterocycles. The van der Waals surface area contributed by atoms with Crippen LogP contribution in [0.3, 0.4) is 0 Å². The molecule has 108 valence electrons. The van der Waals surface area contributed by atoms with E-state index in [0.29, 0.717) is 28.5 Å². The van der Waals surface area contributed by atoms with Crippen LogP contribution in [0.4, 0.5) is 0 Å². The quantitative estimate of drug-likeness (QED) is 0.799. The minimum Gasteiger partial charge on any atom is -0.454 e. The Kier molecular flexibility index (Phi) is 3.65. The third-order valence-corrected chi connectivity index (χ3v) is 3.49. The smallest absolute Gasteiger partial charge is 0.231 e. The molecular weight excluding hydrogens is 264 g/mol. The molecule has 0 atom stereocenters. The Balaban J connectivity index is 1.81. The predicted octanol–water partition coefficient (Wildman–Crippen LogP) is 3.84. The van der Waals surface area contributed by atoms with Crippen LogP contribution in [0.5, 0.6) is 11.5 Å². The van der Waals surface area contributed by atoms with Crippen molar-refractivity contribution in [3.8, 4) is 11.5 Å². The van der Waals surface area contributed by atoms with Gasteiger partial charge in [-0.1, -0.05) is 38.1 Å². The number of rotatable bonds is 4. The second kappa shape index (κ2) is 5.60. The summed E-state index contributed by atoms with van der Waals surface area (Å²) < 4.78 is 10.6. The maximum atomic E-state index is 12.5. The lowest BCUT2D eigenvalue weighted by Crippen LogP contribution is -2.02. The van der Waals surface area contributed by atoms with Crippen molar-refractivity contribution in [1.82, 2.24) is 0 Å². The van der Waals surface area contributed by atoms with Gasteiger partial charge in [0.05, 0.1) is 0 Å². The molecule has 21 heavy (non-hydrogen) atoms. The van der Waals surface area contributed by atoms with E-state index < -0.39 is 0 Å². The van der Waals surface area contributed by atoms with Gasteiger partial charge in [-0.2, -0.15) is 0 Å². The number of carbonyl (C=O) groups excluding carboxylic acids is 1. The van der Waals surface area contributed by atoms with Crippen molar-refractivity contribution < 1.29 is 14.3 Å². The first kappa shape index (κ1) is 13.7. The molecule has 2 aromatic carbocycles. The molecule has 0 aliphatic carbocycles. The summed E-state index contributed by atoms with van der Waals surface area (Å²) in [5, 5.41) is 0. The summed E-state index contributed by atoms with van der Waals surface area (Å²) in [5.74, 6) is 1.95. The Morgan fingerprint density at radius 1 is 1.00 bits per heavy atom. The van der Waals surface area contributed by atoms with Crippen molar-refractivity contribution >= 4 is 5.78 Å². The number of carbonyl (C=O) groups is 1. The number of hydrogen-bond acceptors (Lipinski definition) is 3. The molecule has 3 rings (SSSR count). The van der Waals surface area contributed by atoms with Crippen molar-refractivity contribution in [3.05, 3.63) is 59.2 Å². The summed E-state index contributed by atoms with van der Waals surface area (Å²) in [6.45, 7) is 4.59. The molecule has 3 nitrogen and oxygen atoms in total. The molecule has 0 N–H and O–H groups in total. The first-order valence-corrected chi connectivity index (χ1v) is 7.17. The molecule has 0 spiro atoms. The van der Waals surface area contributed by atoms with Crippen LogP contribution in [0.2, 0.25) is 0 Å². The number of fused-ring (bicyclic) bond motifs is 1. The molecule has 1 heterocycles. The predicted molar refractivity (Wildman–Crippen MR) is 81.0 cm³/mol. The van der Waals surface area contributed by atoms with Crippen LogP contribution in [-0.2, 0) is 6.42 Å². The molecule has 0 fully saturated rings. The number of benzene rings is 2. The molecular formula is C18H18O3. The SMILES string of the molecule is CC(C)Cc1ccc(C(=O)c2ccc3c(c2)OCO3)cc1. The molecule has 0 unspecified atom stereocenters. The summed E-state index contributed by atoms with van der Waals surface area (Å²) in [5.41, 5.74) is 2.57. The molecule has 1 aliphatic rings. The molecule has 0 amide bonds. The van der Waals surface area contributed by atoms with E-state index in [9.17, 15) is 4.79 Å². The second-order valence-electron chi connectivity index (χ2n) is 5.69. The molecule has 0 bridgehead atoms. The van der Waals surface area contributed by atoms with Crippen molar-refractivity contribution in [3.63, 3.8) is 0 Å². The van der Waals surface area contributed by atoms with Gasteiger partial charge in [0.25, 0.3) is 0 Å². The normalized spacial score (nSPS) is 12.7. The third kappa shape index (κ3) is 2.92. The zero-order valence-electron chi connectivity index (χ0n) is 12.3. The Labute approximate surface area is 124 Å². The Bertz CT molecular complexity index is 657. The number of ketones is 1. The van der Waals surface area contributed by atoms with Crippen LogP contribution in [0, 0.1) is 5.92 Å². The highest BCUT2D eigenvalue weighted by Gasteiger charge is 2.17. The van der Waals surface area contributed by atoms with E-state index in [2.05, 4.69) is 13.8 Å². The highest BCUT2D eigenvalue weighted by molar-refractivity contribution is 6.09. The summed E-state index contributed by atoms with van der Waals surface area (Å²) in [7, 11) is 0. The highest BCUT2D eigenvalue weighted by Crippen LogP contribution is 2.33. The molecule has 1 aliphatic heterocycles. The zero-order chi connectivity index (χ0) is 14.8. The van der Waals surface area contributed by atoms with E-state index in [1.54, 1.807) is 18.2 Å². The maximum Gasteiger partial charge on any atom is 0.231 e. The average molecular weight is 282 g/mol. The zero-order valence-corrected chi connectivity index (χ0v) is 12.3. The lowest BCUT2D eigenvalue weighted by Gasteiger charge is -2.06. The average Bonchev–Trinajstić information content (AvgIpc) is 2.94. The fourth-order valence-corrected chi connectivity index (χ4v) is 2.47. The standard InChI is InChI=1S/C18H18O3/c1-12(2)9-13-3-5-14(6-4-13)18(19)15-7-8-16-17(10-15)21-11-20-16/h3-8,10,12H,9,11H2,1-2H3. The van der Waals surface area contributed by atoms with Crippen LogP contribution < -0.4 is 9.47 Å². The van der Waals surface area contributed by atoms with Gasteiger partial charge in [-0.25, -0.2) is 0 Å². The van der Waals surface area contributed by atoms with Gasteiger partial charge in [0.1, 0.15) is 0 Å². The van der Waals surface area contributed by atoms with Crippen molar-refractivity contribution in [2.24, 2.45) is 5.92 Å². The van der Waals surface area contributed by atoms with E-state index in [4.69, 9.17) is 9.47 Å². The summed E-state index contributed by atoms with van der Waals surface area (Å²) in [4.78, 5) is 12.5. The summed E-state index contributed by atoms with van der Waals surface area (Å²) in [6, 6.07) is 13.1. The molecule has 2 aromatic rings. The van der Waals surface area contributed by atoms with Crippen molar-refractivity contribution in [1.29, 1.82) is 0 Å². The van der Waals surface area contributed by atoms with Gasteiger partial charge in [0.2, 0.25) is 6.79 Å². The lowest BCUT2D eigenvalue weighted by atomic mass is 9.98. The minimum atomic E-state index is 0.00407. The van der Waals surface area contributed by atoms with Gasteiger partial charge in [0, 0.05) is 11.1 Å². The number of ether oxygens (including phenoxy) is 2. The molecule has 0 saturated carbocycles. The van der Waals surface area contributed by atoms with Gasteiger partial charge in [-0.15, -0.1) is 0 Å². The number of hydrogen-bond donors (Lipinski definition) is 0. The lowest BCUT2D eigenvalue weighted by molar-refractivity contribution is 0.103. The van der Waals surface area contributed by atoms with Crippen LogP contribution in [-0.4, -0.2) is 12.6 Å². The van der Waals surface area contributed by atoms with Crippen LogP contribution in [0.25, 0.3) is 0 Å². The largest absolute Gasteiger partial charge is 0.454 e.